The molecule has 2 aliphatic heterocycles. The van der Waals surface area contributed by atoms with Crippen molar-refractivity contribution < 1.29 is 28.5 Å². The van der Waals surface area contributed by atoms with E-state index in [1.54, 1.807) is 12.0 Å². The van der Waals surface area contributed by atoms with Gasteiger partial charge in [0.05, 0.1) is 36.6 Å². The Morgan fingerprint density at radius 1 is 1.12 bits per heavy atom. The molecule has 0 bridgehead atoms. The first kappa shape index (κ1) is 37.3. The molecule has 2 aliphatic rings. The van der Waals surface area contributed by atoms with Gasteiger partial charge in [0, 0.05) is 39.1 Å². The normalized spacial score (nSPS) is 27.9. The molecule has 8 heteroatoms. The Kier molecular flexibility index (Phi) is 16.3. The van der Waals surface area contributed by atoms with Gasteiger partial charge in [-0.2, -0.15) is 0 Å². The summed E-state index contributed by atoms with van der Waals surface area (Å²) in [6, 6.07) is 0. The highest BCUT2D eigenvalue weighted by molar-refractivity contribution is 5.75. The fraction of sp³-hybridized carbons (Fsp3) is 0.829. The molecule has 0 saturated carbocycles. The lowest BCUT2D eigenvalue weighted by molar-refractivity contribution is -0.123. The first-order valence-electron chi connectivity index (χ1n) is 16.9. The average molecular weight is 607 g/mol. The van der Waals surface area contributed by atoms with Crippen molar-refractivity contribution in [2.45, 2.75) is 137 Å². The Morgan fingerprint density at radius 2 is 1.84 bits per heavy atom. The monoisotopic (exact) mass is 606 g/mol. The topological polar surface area (TPSA) is 89.6 Å². The van der Waals surface area contributed by atoms with Gasteiger partial charge in [-0.3, -0.25) is 4.79 Å². The second-order valence-electron chi connectivity index (χ2n) is 13.0. The molecule has 2 saturated heterocycles. The molecule has 2 rings (SSSR count). The molecule has 0 unspecified atom stereocenters. The maximum absolute atomic E-state index is 12.4. The van der Waals surface area contributed by atoms with Crippen molar-refractivity contribution in [3.63, 3.8) is 0 Å². The minimum Gasteiger partial charge on any atom is -0.449 e. The van der Waals surface area contributed by atoms with Gasteiger partial charge in [-0.05, 0) is 90.0 Å². The van der Waals surface area contributed by atoms with E-state index in [2.05, 4.69) is 65.1 Å². The molecule has 2 amide bonds. The van der Waals surface area contributed by atoms with Crippen LogP contribution in [0.15, 0.2) is 23.8 Å². The fourth-order valence-electron chi connectivity index (χ4n) is 6.56. The first-order chi connectivity index (χ1) is 20.5. The number of carbonyl (C=O) groups is 2. The van der Waals surface area contributed by atoms with Crippen LogP contribution < -0.4 is 5.32 Å². The van der Waals surface area contributed by atoms with Crippen LogP contribution in [0.25, 0.3) is 0 Å². The summed E-state index contributed by atoms with van der Waals surface area (Å²) < 4.78 is 23.6. The van der Waals surface area contributed by atoms with Gasteiger partial charge in [0.25, 0.3) is 0 Å². The zero-order valence-corrected chi connectivity index (χ0v) is 28.7. The number of allylic oxidation sites excluding steroid dienone is 3. The summed E-state index contributed by atoms with van der Waals surface area (Å²) in [6.07, 6.45) is 13.9. The molecule has 0 aromatic carbocycles. The van der Waals surface area contributed by atoms with E-state index in [0.717, 1.165) is 44.9 Å². The molecule has 2 heterocycles. The number of methoxy groups -OCH3 is 1. The minimum absolute atomic E-state index is 0.0285. The summed E-state index contributed by atoms with van der Waals surface area (Å²) in [5, 5.41) is 3.07. The number of unbranched alkanes of at least 4 members (excludes halogenated alkanes) is 2. The highest BCUT2D eigenvalue weighted by atomic mass is 16.6. The van der Waals surface area contributed by atoms with E-state index in [4.69, 9.17) is 18.9 Å². The second-order valence-corrected chi connectivity index (χ2v) is 13.0. The number of hydrogen-bond donors (Lipinski definition) is 1. The zero-order valence-electron chi connectivity index (χ0n) is 28.7. The fourth-order valence-corrected chi connectivity index (χ4v) is 6.56. The van der Waals surface area contributed by atoms with Crippen molar-refractivity contribution >= 4 is 12.0 Å². The molecular weight excluding hydrogens is 544 g/mol. The van der Waals surface area contributed by atoms with Crippen molar-refractivity contribution in [1.29, 1.82) is 0 Å². The Hall–Kier alpha value is -1.90. The Bertz CT molecular complexity index is 899. The number of nitrogens with zero attached hydrogens (tertiary/aromatic N) is 1. The molecule has 248 valence electrons. The number of carbonyl (C=O) groups excluding carboxylic acids is 2. The third-order valence-corrected chi connectivity index (χ3v) is 9.31. The van der Waals surface area contributed by atoms with E-state index in [0.29, 0.717) is 50.4 Å². The summed E-state index contributed by atoms with van der Waals surface area (Å²) in [4.78, 5) is 25.9. The second kappa shape index (κ2) is 18.8. The van der Waals surface area contributed by atoms with Crippen molar-refractivity contribution in [2.75, 3.05) is 33.4 Å². The summed E-state index contributed by atoms with van der Waals surface area (Å²) in [6.45, 7) is 19.4. The lowest BCUT2D eigenvalue weighted by Crippen LogP contribution is -2.41. The molecule has 2 fully saturated rings. The third kappa shape index (κ3) is 12.2. The van der Waals surface area contributed by atoms with E-state index in [-0.39, 0.29) is 42.0 Å². The van der Waals surface area contributed by atoms with Crippen LogP contribution in [-0.4, -0.2) is 80.3 Å². The van der Waals surface area contributed by atoms with Gasteiger partial charge in [-0.1, -0.05) is 45.9 Å². The Morgan fingerprint density at radius 3 is 2.49 bits per heavy atom. The van der Waals surface area contributed by atoms with Crippen molar-refractivity contribution in [3.8, 4) is 0 Å². The van der Waals surface area contributed by atoms with Crippen LogP contribution in [-0.2, 0) is 23.7 Å². The molecular formula is C35H62N2O6. The SMILES string of the molecule is CC[C@H](OC)[C@@H](C)[C@H]1O[C@]1(C)C[C@H](C)/C=C/C=C(\C)[C@H]1O[C@@H](CNC(=O)CCCCCOC(=O)N(CC)CC)CC[C@@H]1C. The number of ether oxygens (including phenoxy) is 4. The van der Waals surface area contributed by atoms with Gasteiger partial charge < -0.3 is 29.2 Å². The summed E-state index contributed by atoms with van der Waals surface area (Å²) in [5.74, 6) is 1.30. The summed E-state index contributed by atoms with van der Waals surface area (Å²) >= 11 is 0. The maximum atomic E-state index is 12.4. The molecule has 0 aromatic rings. The van der Waals surface area contributed by atoms with Crippen LogP contribution in [0.5, 0.6) is 0 Å². The quantitative estimate of drug-likeness (QED) is 0.0961. The van der Waals surface area contributed by atoms with Crippen LogP contribution in [0.2, 0.25) is 0 Å². The highest BCUT2D eigenvalue weighted by Gasteiger charge is 2.56. The van der Waals surface area contributed by atoms with Gasteiger partial charge in [0.2, 0.25) is 5.91 Å². The van der Waals surface area contributed by atoms with Gasteiger partial charge in [0.15, 0.2) is 0 Å². The molecule has 0 radical (unpaired) electrons. The van der Waals surface area contributed by atoms with Crippen molar-refractivity contribution in [3.05, 3.63) is 23.8 Å². The molecule has 0 spiro atoms. The van der Waals surface area contributed by atoms with Gasteiger partial charge in [-0.25, -0.2) is 4.79 Å². The predicted octanol–water partition coefficient (Wildman–Crippen LogP) is 7.07. The zero-order chi connectivity index (χ0) is 32.0. The maximum Gasteiger partial charge on any atom is 0.409 e. The Labute approximate surface area is 262 Å². The summed E-state index contributed by atoms with van der Waals surface area (Å²) in [7, 11) is 1.79. The van der Waals surface area contributed by atoms with Crippen molar-refractivity contribution in [1.82, 2.24) is 10.2 Å². The summed E-state index contributed by atoms with van der Waals surface area (Å²) in [5.41, 5.74) is 1.15. The number of amides is 2. The molecule has 1 N–H and O–H groups in total. The first-order valence-corrected chi connectivity index (χ1v) is 16.9. The van der Waals surface area contributed by atoms with E-state index >= 15 is 0 Å². The number of hydrogen-bond acceptors (Lipinski definition) is 6. The van der Waals surface area contributed by atoms with Crippen LogP contribution in [0, 0.1) is 17.8 Å². The molecule has 8 nitrogen and oxygen atoms in total. The minimum atomic E-state index is -0.261. The molecule has 43 heavy (non-hydrogen) atoms. The van der Waals surface area contributed by atoms with E-state index in [1.807, 2.05) is 13.8 Å². The van der Waals surface area contributed by atoms with Crippen LogP contribution in [0.3, 0.4) is 0 Å². The predicted molar refractivity (Wildman–Crippen MR) is 173 cm³/mol. The smallest absolute Gasteiger partial charge is 0.409 e. The average Bonchev–Trinajstić information content (AvgIpc) is 3.65. The largest absolute Gasteiger partial charge is 0.449 e. The lowest BCUT2D eigenvalue weighted by atomic mass is 9.86. The number of rotatable bonds is 19. The van der Waals surface area contributed by atoms with Gasteiger partial charge in [-0.15, -0.1) is 0 Å². The van der Waals surface area contributed by atoms with Gasteiger partial charge >= 0.3 is 6.09 Å². The third-order valence-electron chi connectivity index (χ3n) is 9.31. The van der Waals surface area contributed by atoms with Crippen LogP contribution in [0.1, 0.15) is 107 Å². The molecule has 0 aromatic heterocycles. The molecule has 0 aliphatic carbocycles. The standard InChI is InChI=1S/C35H62N2O6/c1-10-30(40-9)28(7)33-35(8,43-33)23-25(4)17-16-18-26(5)32-27(6)20-21-29(42-32)24-36-31(38)19-14-13-15-22-41-34(39)37(11-2)12-3/h16-18,25,27-30,32-33H,10-15,19-24H2,1-9H3,(H,36,38)/b17-16+,26-18+/t25-,27+,28-,29-,30+,32-,33-,35-/m1/s1. The Balaban J connectivity index is 1.70. The van der Waals surface area contributed by atoms with Crippen LogP contribution in [0.4, 0.5) is 4.79 Å². The molecule has 8 atom stereocenters. The number of epoxide rings is 1. The van der Waals surface area contributed by atoms with Gasteiger partial charge in [0.1, 0.15) is 0 Å². The lowest BCUT2D eigenvalue weighted by Gasteiger charge is -2.35. The number of nitrogens with one attached hydrogen (secondary N) is 1. The van der Waals surface area contributed by atoms with E-state index in [9.17, 15) is 9.59 Å². The highest BCUT2D eigenvalue weighted by Crippen LogP contribution is 2.47. The van der Waals surface area contributed by atoms with Crippen LogP contribution >= 0.6 is 0 Å². The van der Waals surface area contributed by atoms with E-state index in [1.165, 1.54) is 5.57 Å². The van der Waals surface area contributed by atoms with Crippen molar-refractivity contribution in [2.24, 2.45) is 17.8 Å². The van der Waals surface area contributed by atoms with E-state index < -0.39 is 0 Å².